The number of benzene rings is 1. The first-order valence-electron chi connectivity index (χ1n) is 4.01. The molecular weight excluding hydrogens is 168 g/mol. The molecule has 0 bridgehead atoms. The lowest BCUT2D eigenvalue weighted by atomic mass is 10.1. The Balaban J connectivity index is 2.51. The van der Waals surface area contributed by atoms with Crippen molar-refractivity contribution in [1.82, 2.24) is 0 Å². The summed E-state index contributed by atoms with van der Waals surface area (Å²) in [6.07, 6.45) is 1.87. The third-order valence-corrected chi connectivity index (χ3v) is 2.03. The van der Waals surface area contributed by atoms with E-state index in [0.717, 1.165) is 11.3 Å². The van der Waals surface area contributed by atoms with E-state index in [1.807, 2.05) is 13.0 Å². The maximum Gasteiger partial charge on any atom is 0.161 e. The van der Waals surface area contributed by atoms with Gasteiger partial charge in [0.25, 0.3) is 0 Å². The molecule has 1 aliphatic heterocycles. The summed E-state index contributed by atoms with van der Waals surface area (Å²) in [5, 5.41) is 9.38. The highest BCUT2D eigenvalue weighted by Crippen LogP contribution is 2.44. The largest absolute Gasteiger partial charge is 0.504 e. The van der Waals surface area contributed by atoms with E-state index in [9.17, 15) is 5.11 Å². The van der Waals surface area contributed by atoms with Gasteiger partial charge in [-0.2, -0.15) is 0 Å². The minimum atomic E-state index is 0.108. The van der Waals surface area contributed by atoms with Crippen LogP contribution in [0.1, 0.15) is 12.5 Å². The Hall–Kier alpha value is -1.64. The zero-order chi connectivity index (χ0) is 9.42. The minimum absolute atomic E-state index is 0.108. The van der Waals surface area contributed by atoms with E-state index in [4.69, 9.17) is 9.47 Å². The van der Waals surface area contributed by atoms with Crippen molar-refractivity contribution in [2.75, 3.05) is 7.11 Å². The Labute approximate surface area is 76.2 Å². The Morgan fingerprint density at radius 3 is 2.85 bits per heavy atom. The lowest BCUT2D eigenvalue weighted by Crippen LogP contribution is -2.08. The number of allylic oxidation sites excluding steroid dienone is 1. The highest BCUT2D eigenvalue weighted by Gasteiger charge is 2.23. The summed E-state index contributed by atoms with van der Waals surface area (Å²) in [6, 6.07) is 3.32. The first kappa shape index (κ1) is 7.98. The number of phenols is 1. The molecule has 1 heterocycles. The molecule has 0 radical (unpaired) electrons. The van der Waals surface area contributed by atoms with E-state index >= 15 is 0 Å². The lowest BCUT2D eigenvalue weighted by molar-refractivity contribution is 0.366. The fourth-order valence-corrected chi connectivity index (χ4v) is 1.33. The van der Waals surface area contributed by atoms with Gasteiger partial charge in [0.15, 0.2) is 11.5 Å². The number of ether oxygens (including phenoxy) is 2. The fraction of sp³-hybridized carbons (Fsp3) is 0.200. The topological polar surface area (TPSA) is 38.7 Å². The van der Waals surface area contributed by atoms with Gasteiger partial charge in [-0.15, -0.1) is 0 Å². The average molecular weight is 178 g/mol. The summed E-state index contributed by atoms with van der Waals surface area (Å²) < 4.78 is 10.2. The molecule has 1 aromatic rings. The van der Waals surface area contributed by atoms with Gasteiger partial charge < -0.3 is 14.6 Å². The molecule has 0 fully saturated rings. The molecule has 0 aromatic heterocycles. The number of hydrogen-bond donors (Lipinski definition) is 1. The molecule has 0 amide bonds. The fourth-order valence-electron chi connectivity index (χ4n) is 1.33. The van der Waals surface area contributed by atoms with Crippen LogP contribution >= 0.6 is 0 Å². The second-order valence-corrected chi connectivity index (χ2v) is 2.78. The van der Waals surface area contributed by atoms with Crippen molar-refractivity contribution >= 4 is 5.76 Å². The third-order valence-electron chi connectivity index (χ3n) is 2.03. The molecule has 0 spiro atoms. The quantitative estimate of drug-likeness (QED) is 0.716. The van der Waals surface area contributed by atoms with Crippen LogP contribution in [0.2, 0.25) is 0 Å². The van der Waals surface area contributed by atoms with Crippen molar-refractivity contribution < 1.29 is 14.6 Å². The van der Waals surface area contributed by atoms with Crippen LogP contribution in [0, 0.1) is 0 Å². The molecule has 3 nitrogen and oxygen atoms in total. The molecule has 68 valence electrons. The standard InChI is InChI=1S/C10H10O3/c1-3-8-6-4-10(12-2)7(11)5-9(6)13-8/h3-5,11H,1-2H3/b8-3+. The van der Waals surface area contributed by atoms with Gasteiger partial charge in [0.05, 0.1) is 12.7 Å². The zero-order valence-corrected chi connectivity index (χ0v) is 7.50. The summed E-state index contributed by atoms with van der Waals surface area (Å²) in [5.41, 5.74) is 0.983. The van der Waals surface area contributed by atoms with Crippen LogP contribution < -0.4 is 9.47 Å². The molecule has 1 aromatic carbocycles. The van der Waals surface area contributed by atoms with Gasteiger partial charge in [-0.05, 0) is 19.1 Å². The van der Waals surface area contributed by atoms with Crippen LogP contribution in [0.5, 0.6) is 17.2 Å². The van der Waals surface area contributed by atoms with E-state index in [-0.39, 0.29) is 5.75 Å². The zero-order valence-electron chi connectivity index (χ0n) is 7.50. The van der Waals surface area contributed by atoms with Gasteiger partial charge in [0, 0.05) is 6.07 Å². The summed E-state index contributed by atoms with van der Waals surface area (Å²) >= 11 is 0. The molecule has 0 saturated heterocycles. The first-order valence-corrected chi connectivity index (χ1v) is 4.01. The van der Waals surface area contributed by atoms with Crippen LogP contribution in [0.25, 0.3) is 5.76 Å². The predicted molar refractivity (Wildman–Crippen MR) is 48.9 cm³/mol. The van der Waals surface area contributed by atoms with Crippen LogP contribution in [-0.4, -0.2) is 12.2 Å². The number of aromatic hydroxyl groups is 1. The SMILES string of the molecule is C/C=C1/Oc2cc(O)c(OC)cc21. The van der Waals surface area contributed by atoms with Crippen LogP contribution in [0.3, 0.4) is 0 Å². The van der Waals surface area contributed by atoms with Crippen molar-refractivity contribution in [1.29, 1.82) is 0 Å². The second kappa shape index (κ2) is 2.69. The lowest BCUT2D eigenvalue weighted by Gasteiger charge is -2.24. The van der Waals surface area contributed by atoms with Crippen molar-refractivity contribution in [2.45, 2.75) is 6.92 Å². The number of phenolic OH excluding ortho intramolecular Hbond substituents is 1. The van der Waals surface area contributed by atoms with Crippen molar-refractivity contribution in [3.8, 4) is 17.2 Å². The van der Waals surface area contributed by atoms with Crippen LogP contribution in [-0.2, 0) is 0 Å². The number of fused-ring (bicyclic) bond motifs is 1. The summed E-state index contributed by atoms with van der Waals surface area (Å²) in [6.45, 7) is 1.90. The average Bonchev–Trinajstić information content (AvgIpc) is 2.11. The van der Waals surface area contributed by atoms with Gasteiger partial charge in [0.2, 0.25) is 0 Å². The highest BCUT2D eigenvalue weighted by atomic mass is 16.5. The van der Waals surface area contributed by atoms with Gasteiger partial charge >= 0.3 is 0 Å². The van der Waals surface area contributed by atoms with Gasteiger partial charge in [-0.25, -0.2) is 0 Å². The number of methoxy groups -OCH3 is 1. The maximum atomic E-state index is 9.38. The molecule has 3 heteroatoms. The normalized spacial score (nSPS) is 16.0. The van der Waals surface area contributed by atoms with E-state index in [1.54, 1.807) is 12.1 Å². The highest BCUT2D eigenvalue weighted by molar-refractivity contribution is 5.78. The molecular formula is C10H10O3. The smallest absolute Gasteiger partial charge is 0.161 e. The number of hydrogen-bond acceptors (Lipinski definition) is 3. The monoisotopic (exact) mass is 178 g/mol. The van der Waals surface area contributed by atoms with Crippen molar-refractivity contribution in [2.24, 2.45) is 0 Å². The Morgan fingerprint density at radius 1 is 1.46 bits per heavy atom. The molecule has 2 rings (SSSR count). The summed E-state index contributed by atoms with van der Waals surface area (Å²) in [7, 11) is 1.52. The summed E-state index contributed by atoms with van der Waals surface area (Å²) in [5.74, 6) is 2.11. The maximum absolute atomic E-state index is 9.38. The van der Waals surface area contributed by atoms with Crippen LogP contribution in [0.15, 0.2) is 18.2 Å². The number of rotatable bonds is 1. The molecule has 1 N–H and O–H groups in total. The van der Waals surface area contributed by atoms with Crippen LogP contribution in [0.4, 0.5) is 0 Å². The van der Waals surface area contributed by atoms with E-state index in [1.165, 1.54) is 7.11 Å². The summed E-state index contributed by atoms with van der Waals surface area (Å²) in [4.78, 5) is 0. The van der Waals surface area contributed by atoms with Gasteiger partial charge in [-0.3, -0.25) is 0 Å². The molecule has 0 unspecified atom stereocenters. The van der Waals surface area contributed by atoms with Gasteiger partial charge in [-0.1, -0.05) is 0 Å². The minimum Gasteiger partial charge on any atom is -0.504 e. The third kappa shape index (κ3) is 1.04. The van der Waals surface area contributed by atoms with E-state index in [0.29, 0.717) is 11.5 Å². The molecule has 0 saturated carbocycles. The second-order valence-electron chi connectivity index (χ2n) is 2.78. The van der Waals surface area contributed by atoms with E-state index in [2.05, 4.69) is 0 Å². The Bertz CT molecular complexity index is 380. The van der Waals surface area contributed by atoms with Crippen molar-refractivity contribution in [3.63, 3.8) is 0 Å². The molecule has 0 atom stereocenters. The van der Waals surface area contributed by atoms with Gasteiger partial charge in [0.1, 0.15) is 11.5 Å². The first-order chi connectivity index (χ1) is 6.26. The molecule has 1 aliphatic rings. The predicted octanol–water partition coefficient (Wildman–Crippen LogP) is 2.15. The molecule has 0 aliphatic carbocycles. The van der Waals surface area contributed by atoms with Crippen molar-refractivity contribution in [3.05, 3.63) is 23.8 Å². The van der Waals surface area contributed by atoms with E-state index < -0.39 is 0 Å². The Kier molecular flexibility index (Phi) is 1.65. The molecule has 13 heavy (non-hydrogen) atoms. The Morgan fingerprint density at radius 2 is 2.23 bits per heavy atom.